The number of ether oxygens (including phenoxy) is 1. The minimum Gasteiger partial charge on any atom is -0.481 e. The summed E-state index contributed by atoms with van der Waals surface area (Å²) in [6.07, 6.45) is 4.25. The SMILES string of the molecule is CCCCCCN(CC(C)C(=O)O)C(=O)COC. The monoisotopic (exact) mass is 259 g/mol. The van der Waals surface area contributed by atoms with E-state index in [1.807, 2.05) is 0 Å². The molecular weight excluding hydrogens is 234 g/mol. The standard InChI is InChI=1S/C13H25NO4/c1-4-5-6-7-8-14(12(15)10-18-3)9-11(2)13(16)17/h11H,4-10H2,1-3H3,(H,16,17). The fourth-order valence-corrected chi connectivity index (χ4v) is 1.67. The van der Waals surface area contributed by atoms with Crippen LogP contribution in [-0.2, 0) is 14.3 Å². The summed E-state index contributed by atoms with van der Waals surface area (Å²) < 4.78 is 4.82. The van der Waals surface area contributed by atoms with Crippen molar-refractivity contribution in [3.8, 4) is 0 Å². The highest BCUT2D eigenvalue weighted by atomic mass is 16.5. The molecule has 5 heteroatoms. The number of rotatable bonds is 10. The van der Waals surface area contributed by atoms with Crippen LogP contribution in [0.5, 0.6) is 0 Å². The summed E-state index contributed by atoms with van der Waals surface area (Å²) in [5, 5.41) is 8.88. The van der Waals surface area contributed by atoms with Crippen LogP contribution in [0.3, 0.4) is 0 Å². The average Bonchev–Trinajstić information content (AvgIpc) is 2.32. The van der Waals surface area contributed by atoms with Gasteiger partial charge in [-0.15, -0.1) is 0 Å². The first-order chi connectivity index (χ1) is 8.52. The molecule has 106 valence electrons. The van der Waals surface area contributed by atoms with Gasteiger partial charge in [-0.25, -0.2) is 0 Å². The number of carboxylic acid groups (broad SMARTS) is 1. The maximum atomic E-state index is 11.8. The van der Waals surface area contributed by atoms with E-state index in [1.165, 1.54) is 7.11 Å². The molecule has 5 nitrogen and oxygen atoms in total. The Hall–Kier alpha value is -1.10. The topological polar surface area (TPSA) is 66.8 Å². The van der Waals surface area contributed by atoms with Gasteiger partial charge in [0.1, 0.15) is 6.61 Å². The normalized spacial score (nSPS) is 12.2. The van der Waals surface area contributed by atoms with Crippen molar-refractivity contribution in [2.24, 2.45) is 5.92 Å². The minimum absolute atomic E-state index is 0.0140. The van der Waals surface area contributed by atoms with Crippen LogP contribution >= 0.6 is 0 Å². The summed E-state index contributed by atoms with van der Waals surface area (Å²) in [6.45, 7) is 4.62. The van der Waals surface area contributed by atoms with E-state index in [-0.39, 0.29) is 19.1 Å². The molecule has 1 atom stereocenters. The Morgan fingerprint density at radius 3 is 2.44 bits per heavy atom. The van der Waals surface area contributed by atoms with Crippen LogP contribution in [0.2, 0.25) is 0 Å². The molecule has 0 radical (unpaired) electrons. The zero-order chi connectivity index (χ0) is 14.0. The van der Waals surface area contributed by atoms with Crippen molar-refractivity contribution >= 4 is 11.9 Å². The number of unbranched alkanes of at least 4 members (excludes halogenated alkanes) is 3. The molecule has 1 amide bonds. The Bertz CT molecular complexity index is 255. The third-order valence-corrected chi connectivity index (χ3v) is 2.82. The van der Waals surface area contributed by atoms with Crippen molar-refractivity contribution in [3.05, 3.63) is 0 Å². The summed E-state index contributed by atoms with van der Waals surface area (Å²) in [6, 6.07) is 0. The van der Waals surface area contributed by atoms with Crippen LogP contribution in [-0.4, -0.2) is 48.7 Å². The molecule has 0 rings (SSSR count). The van der Waals surface area contributed by atoms with Gasteiger partial charge in [0.15, 0.2) is 0 Å². The number of carboxylic acids is 1. The number of carbonyl (C=O) groups is 2. The molecule has 1 unspecified atom stereocenters. The van der Waals surface area contributed by atoms with Crippen molar-refractivity contribution in [2.45, 2.75) is 39.5 Å². The van der Waals surface area contributed by atoms with E-state index in [0.717, 1.165) is 25.7 Å². The molecule has 0 saturated carbocycles. The number of methoxy groups -OCH3 is 1. The lowest BCUT2D eigenvalue weighted by Crippen LogP contribution is -2.39. The van der Waals surface area contributed by atoms with E-state index < -0.39 is 11.9 Å². The second kappa shape index (κ2) is 9.88. The molecule has 0 aromatic rings. The zero-order valence-electron chi connectivity index (χ0n) is 11.6. The summed E-state index contributed by atoms with van der Waals surface area (Å²) in [7, 11) is 1.47. The van der Waals surface area contributed by atoms with Gasteiger partial charge in [-0.05, 0) is 6.42 Å². The number of aliphatic carboxylic acids is 1. The smallest absolute Gasteiger partial charge is 0.308 e. The second-order valence-corrected chi connectivity index (χ2v) is 4.57. The van der Waals surface area contributed by atoms with Crippen LogP contribution < -0.4 is 0 Å². The van der Waals surface area contributed by atoms with Crippen LogP contribution in [0.1, 0.15) is 39.5 Å². The van der Waals surface area contributed by atoms with Gasteiger partial charge in [0, 0.05) is 20.2 Å². The lowest BCUT2D eigenvalue weighted by Gasteiger charge is -2.24. The van der Waals surface area contributed by atoms with E-state index in [2.05, 4.69) is 6.92 Å². The summed E-state index contributed by atoms with van der Waals surface area (Å²) >= 11 is 0. The third kappa shape index (κ3) is 7.27. The predicted octanol–water partition coefficient (Wildman–Crippen LogP) is 1.76. The number of hydrogen-bond donors (Lipinski definition) is 1. The first-order valence-corrected chi connectivity index (χ1v) is 6.52. The average molecular weight is 259 g/mol. The highest BCUT2D eigenvalue weighted by Gasteiger charge is 2.19. The molecule has 0 spiro atoms. The van der Waals surface area contributed by atoms with Gasteiger partial charge in [-0.3, -0.25) is 9.59 Å². The van der Waals surface area contributed by atoms with E-state index in [4.69, 9.17) is 9.84 Å². The Balaban J connectivity index is 4.24. The van der Waals surface area contributed by atoms with Crippen LogP contribution in [0.15, 0.2) is 0 Å². The van der Waals surface area contributed by atoms with Crippen molar-refractivity contribution < 1.29 is 19.4 Å². The van der Waals surface area contributed by atoms with Crippen molar-refractivity contribution in [2.75, 3.05) is 26.8 Å². The molecule has 0 aliphatic heterocycles. The van der Waals surface area contributed by atoms with E-state index >= 15 is 0 Å². The lowest BCUT2D eigenvalue weighted by atomic mass is 10.1. The van der Waals surface area contributed by atoms with E-state index in [0.29, 0.717) is 6.54 Å². The fourth-order valence-electron chi connectivity index (χ4n) is 1.67. The van der Waals surface area contributed by atoms with E-state index in [1.54, 1.807) is 11.8 Å². The number of hydrogen-bond acceptors (Lipinski definition) is 3. The van der Waals surface area contributed by atoms with E-state index in [9.17, 15) is 9.59 Å². The minimum atomic E-state index is -0.876. The predicted molar refractivity (Wildman–Crippen MR) is 69.4 cm³/mol. The Morgan fingerprint density at radius 2 is 1.94 bits per heavy atom. The first-order valence-electron chi connectivity index (χ1n) is 6.52. The summed E-state index contributed by atoms with van der Waals surface area (Å²) in [5.74, 6) is -1.56. The highest BCUT2D eigenvalue weighted by molar-refractivity contribution is 5.78. The molecule has 18 heavy (non-hydrogen) atoms. The molecule has 0 bridgehead atoms. The van der Waals surface area contributed by atoms with Gasteiger partial charge in [0.05, 0.1) is 5.92 Å². The van der Waals surface area contributed by atoms with Gasteiger partial charge in [0.2, 0.25) is 5.91 Å². The lowest BCUT2D eigenvalue weighted by molar-refractivity contribution is -0.143. The quantitative estimate of drug-likeness (QED) is 0.607. The van der Waals surface area contributed by atoms with Crippen molar-refractivity contribution in [1.82, 2.24) is 4.90 Å². The Morgan fingerprint density at radius 1 is 1.28 bits per heavy atom. The highest BCUT2D eigenvalue weighted by Crippen LogP contribution is 2.06. The molecule has 0 aromatic carbocycles. The molecule has 1 N–H and O–H groups in total. The van der Waals surface area contributed by atoms with Crippen LogP contribution in [0.25, 0.3) is 0 Å². The van der Waals surface area contributed by atoms with Crippen LogP contribution in [0.4, 0.5) is 0 Å². The molecule has 0 fully saturated rings. The first kappa shape index (κ1) is 16.9. The molecule has 0 aromatic heterocycles. The summed E-state index contributed by atoms with van der Waals surface area (Å²) in [5.41, 5.74) is 0. The zero-order valence-corrected chi connectivity index (χ0v) is 11.6. The van der Waals surface area contributed by atoms with Gasteiger partial charge in [0.25, 0.3) is 0 Å². The molecule has 0 heterocycles. The molecule has 0 saturated heterocycles. The largest absolute Gasteiger partial charge is 0.481 e. The van der Waals surface area contributed by atoms with Gasteiger partial charge < -0.3 is 14.7 Å². The summed E-state index contributed by atoms with van der Waals surface area (Å²) in [4.78, 5) is 24.2. The van der Waals surface area contributed by atoms with Gasteiger partial charge >= 0.3 is 5.97 Å². The molecule has 0 aliphatic carbocycles. The van der Waals surface area contributed by atoms with Crippen LogP contribution in [0, 0.1) is 5.92 Å². The Labute approximate surface area is 109 Å². The number of nitrogens with zero attached hydrogens (tertiary/aromatic N) is 1. The molecular formula is C13H25NO4. The molecule has 0 aliphatic rings. The second-order valence-electron chi connectivity index (χ2n) is 4.57. The Kier molecular flexibility index (Phi) is 9.28. The fraction of sp³-hybridized carbons (Fsp3) is 0.846. The van der Waals surface area contributed by atoms with Gasteiger partial charge in [-0.2, -0.15) is 0 Å². The van der Waals surface area contributed by atoms with Gasteiger partial charge in [-0.1, -0.05) is 33.1 Å². The third-order valence-electron chi connectivity index (χ3n) is 2.82. The number of amides is 1. The maximum Gasteiger partial charge on any atom is 0.308 e. The maximum absolute atomic E-state index is 11.8. The number of carbonyl (C=O) groups excluding carboxylic acids is 1. The van der Waals surface area contributed by atoms with Crippen molar-refractivity contribution in [1.29, 1.82) is 0 Å². The van der Waals surface area contributed by atoms with Crippen molar-refractivity contribution in [3.63, 3.8) is 0 Å².